The highest BCUT2D eigenvalue weighted by Gasteiger charge is 2.07. The van der Waals surface area contributed by atoms with E-state index in [1.54, 1.807) is 18.4 Å². The summed E-state index contributed by atoms with van der Waals surface area (Å²) in [5.74, 6) is -0.535. The summed E-state index contributed by atoms with van der Waals surface area (Å²) < 4.78 is 31.6. The summed E-state index contributed by atoms with van der Waals surface area (Å²) in [6.45, 7) is 1.56. The zero-order chi connectivity index (χ0) is 17.4. The third-order valence-corrected chi connectivity index (χ3v) is 4.32. The molecule has 0 aliphatic rings. The van der Waals surface area contributed by atoms with Gasteiger partial charge >= 0.3 is 0 Å². The Morgan fingerprint density at radius 2 is 2.12 bits per heavy atom. The molecule has 1 aromatic carbocycles. The highest BCUT2D eigenvalue weighted by Crippen LogP contribution is 2.17. The first-order valence-electron chi connectivity index (χ1n) is 7.62. The monoisotopic (exact) mass is 481 g/mol. The average molecular weight is 481 g/mol. The molecule has 0 spiro atoms. The highest BCUT2D eigenvalue weighted by molar-refractivity contribution is 14.0. The Hall–Kier alpha value is -1.42. The lowest BCUT2D eigenvalue weighted by Gasteiger charge is -2.21. The number of nitrogens with zero attached hydrogens (tertiary/aromatic N) is 2. The Bertz CT molecular complexity index is 668. The number of guanidine groups is 1. The van der Waals surface area contributed by atoms with E-state index in [2.05, 4.69) is 21.8 Å². The minimum atomic E-state index is -0.701. The Labute approximate surface area is 167 Å². The minimum Gasteiger partial charge on any atom is -0.489 e. The summed E-state index contributed by atoms with van der Waals surface area (Å²) in [6.07, 6.45) is 0.951. The number of nitrogens with one attached hydrogen (secondary N) is 1. The number of hydrogen-bond acceptors (Lipinski definition) is 3. The molecule has 4 nitrogen and oxygen atoms in total. The zero-order valence-corrected chi connectivity index (χ0v) is 17.3. The highest BCUT2D eigenvalue weighted by atomic mass is 127. The van der Waals surface area contributed by atoms with Crippen molar-refractivity contribution in [3.8, 4) is 5.75 Å². The van der Waals surface area contributed by atoms with Crippen molar-refractivity contribution in [2.45, 2.75) is 6.42 Å². The Kier molecular flexibility index (Phi) is 9.73. The Balaban J connectivity index is 0.00000312. The summed E-state index contributed by atoms with van der Waals surface area (Å²) in [7, 11) is 3.67. The first-order chi connectivity index (χ1) is 11.6. The van der Waals surface area contributed by atoms with Gasteiger partial charge in [-0.05, 0) is 30.0 Å². The predicted octanol–water partition coefficient (Wildman–Crippen LogP) is 3.77. The van der Waals surface area contributed by atoms with Crippen molar-refractivity contribution in [2.24, 2.45) is 4.99 Å². The molecule has 25 heavy (non-hydrogen) atoms. The number of thiophene rings is 1. The van der Waals surface area contributed by atoms with Crippen LogP contribution in [0.4, 0.5) is 8.78 Å². The Morgan fingerprint density at radius 1 is 1.32 bits per heavy atom. The number of halogens is 3. The first-order valence-corrected chi connectivity index (χ1v) is 8.50. The molecule has 0 bridgehead atoms. The van der Waals surface area contributed by atoms with Crippen LogP contribution < -0.4 is 10.1 Å². The SMILES string of the molecule is CN=C(NCCOc1ccc(F)cc1F)N(C)CCc1cccs1.I. The zero-order valence-electron chi connectivity index (χ0n) is 14.2. The van der Waals surface area contributed by atoms with Gasteiger partial charge in [0.25, 0.3) is 0 Å². The molecule has 2 rings (SSSR count). The van der Waals surface area contributed by atoms with Gasteiger partial charge < -0.3 is 15.0 Å². The number of ether oxygens (including phenoxy) is 1. The van der Waals surface area contributed by atoms with Crippen molar-refractivity contribution in [2.75, 3.05) is 33.8 Å². The lowest BCUT2D eigenvalue weighted by molar-refractivity contribution is 0.302. The molecule has 1 heterocycles. The van der Waals surface area contributed by atoms with Crippen LogP contribution in [-0.2, 0) is 6.42 Å². The normalized spacial score (nSPS) is 11.0. The van der Waals surface area contributed by atoms with E-state index in [1.807, 2.05) is 18.0 Å². The minimum absolute atomic E-state index is 0. The van der Waals surface area contributed by atoms with E-state index in [-0.39, 0.29) is 36.3 Å². The second-order valence-electron chi connectivity index (χ2n) is 5.15. The molecule has 2 aromatic rings. The second kappa shape index (κ2) is 11.2. The van der Waals surface area contributed by atoms with E-state index in [9.17, 15) is 8.78 Å². The number of rotatable bonds is 7. The third kappa shape index (κ3) is 7.15. The van der Waals surface area contributed by atoms with Crippen molar-refractivity contribution in [1.29, 1.82) is 0 Å². The van der Waals surface area contributed by atoms with Gasteiger partial charge in [-0.3, -0.25) is 4.99 Å². The average Bonchev–Trinajstić information content (AvgIpc) is 3.08. The maximum absolute atomic E-state index is 13.4. The first kappa shape index (κ1) is 21.6. The van der Waals surface area contributed by atoms with Gasteiger partial charge in [-0.1, -0.05) is 6.07 Å². The molecular weight excluding hydrogens is 459 g/mol. The fourth-order valence-electron chi connectivity index (χ4n) is 2.14. The van der Waals surface area contributed by atoms with Crippen LogP contribution in [0.2, 0.25) is 0 Å². The van der Waals surface area contributed by atoms with Crippen molar-refractivity contribution in [1.82, 2.24) is 10.2 Å². The van der Waals surface area contributed by atoms with Gasteiger partial charge in [0.1, 0.15) is 12.4 Å². The summed E-state index contributed by atoms with van der Waals surface area (Å²) in [6, 6.07) is 7.41. The number of likely N-dealkylation sites (N-methyl/N-ethyl adjacent to an activating group) is 1. The summed E-state index contributed by atoms with van der Waals surface area (Å²) >= 11 is 1.74. The van der Waals surface area contributed by atoms with E-state index < -0.39 is 11.6 Å². The van der Waals surface area contributed by atoms with Crippen LogP contribution in [0.15, 0.2) is 40.7 Å². The van der Waals surface area contributed by atoms with Gasteiger partial charge in [0.2, 0.25) is 0 Å². The van der Waals surface area contributed by atoms with Crippen LogP contribution in [-0.4, -0.2) is 44.7 Å². The van der Waals surface area contributed by atoms with Crippen molar-refractivity contribution < 1.29 is 13.5 Å². The van der Waals surface area contributed by atoms with Crippen molar-refractivity contribution >= 4 is 41.3 Å². The van der Waals surface area contributed by atoms with Gasteiger partial charge in [-0.15, -0.1) is 35.3 Å². The molecule has 0 amide bonds. The van der Waals surface area contributed by atoms with E-state index in [0.717, 1.165) is 25.0 Å². The maximum Gasteiger partial charge on any atom is 0.193 e. The maximum atomic E-state index is 13.4. The molecule has 0 unspecified atom stereocenters. The Morgan fingerprint density at radius 3 is 2.76 bits per heavy atom. The van der Waals surface area contributed by atoms with Crippen LogP contribution in [0, 0.1) is 11.6 Å². The second-order valence-corrected chi connectivity index (χ2v) is 6.18. The standard InChI is InChI=1S/C17H21F2N3OS.HI/c1-20-17(22(2)9-7-14-4-3-11-24-14)21-8-10-23-16-6-5-13(18)12-15(16)19;/h3-6,11-12H,7-10H2,1-2H3,(H,20,21);1H. The molecule has 8 heteroatoms. The lowest BCUT2D eigenvalue weighted by Crippen LogP contribution is -2.41. The van der Waals surface area contributed by atoms with Crippen LogP contribution in [0.25, 0.3) is 0 Å². The summed E-state index contributed by atoms with van der Waals surface area (Å²) in [5, 5.41) is 5.22. The predicted molar refractivity (Wildman–Crippen MR) is 109 cm³/mol. The summed E-state index contributed by atoms with van der Waals surface area (Å²) in [5.41, 5.74) is 0. The van der Waals surface area contributed by atoms with Gasteiger partial charge in [0.05, 0.1) is 6.54 Å². The van der Waals surface area contributed by atoms with Crippen LogP contribution in [0.1, 0.15) is 4.88 Å². The molecule has 0 aliphatic carbocycles. The number of benzene rings is 1. The molecule has 0 saturated carbocycles. The third-order valence-electron chi connectivity index (χ3n) is 3.38. The molecular formula is C17H22F2IN3OS. The summed E-state index contributed by atoms with van der Waals surface area (Å²) in [4.78, 5) is 7.57. The van der Waals surface area contributed by atoms with E-state index in [1.165, 1.54) is 17.0 Å². The van der Waals surface area contributed by atoms with Gasteiger partial charge in [0, 0.05) is 31.6 Å². The molecule has 1 aromatic heterocycles. The lowest BCUT2D eigenvalue weighted by atomic mass is 10.3. The fraction of sp³-hybridized carbons (Fsp3) is 0.353. The largest absolute Gasteiger partial charge is 0.489 e. The van der Waals surface area contributed by atoms with Crippen molar-refractivity contribution in [3.63, 3.8) is 0 Å². The molecule has 0 atom stereocenters. The quantitative estimate of drug-likeness (QED) is 0.283. The van der Waals surface area contributed by atoms with Crippen LogP contribution in [0.3, 0.4) is 0 Å². The number of hydrogen-bond donors (Lipinski definition) is 1. The molecule has 138 valence electrons. The van der Waals surface area contributed by atoms with Gasteiger partial charge in [-0.25, -0.2) is 8.78 Å². The molecule has 1 N–H and O–H groups in total. The number of aliphatic imine (C=N–C) groups is 1. The molecule has 0 aliphatic heterocycles. The van der Waals surface area contributed by atoms with E-state index in [0.29, 0.717) is 6.54 Å². The van der Waals surface area contributed by atoms with E-state index >= 15 is 0 Å². The van der Waals surface area contributed by atoms with Gasteiger partial charge in [0.15, 0.2) is 17.5 Å². The topological polar surface area (TPSA) is 36.9 Å². The molecule has 0 radical (unpaired) electrons. The molecule has 0 fully saturated rings. The van der Waals surface area contributed by atoms with Gasteiger partial charge in [-0.2, -0.15) is 0 Å². The van der Waals surface area contributed by atoms with Crippen molar-refractivity contribution in [3.05, 3.63) is 52.2 Å². The smallest absolute Gasteiger partial charge is 0.193 e. The van der Waals surface area contributed by atoms with E-state index in [4.69, 9.17) is 4.74 Å². The van der Waals surface area contributed by atoms with Crippen LogP contribution in [0.5, 0.6) is 5.75 Å². The fourth-order valence-corrected chi connectivity index (χ4v) is 2.84. The van der Waals surface area contributed by atoms with Crippen LogP contribution >= 0.6 is 35.3 Å². The molecule has 0 saturated heterocycles.